The van der Waals surface area contributed by atoms with Gasteiger partial charge in [-0.2, -0.15) is 4.31 Å². The fraction of sp³-hybridized carbons (Fsp3) is 0.318. The Bertz CT molecular complexity index is 1190. The van der Waals surface area contributed by atoms with E-state index in [-0.39, 0.29) is 61.8 Å². The van der Waals surface area contributed by atoms with Gasteiger partial charge < -0.3 is 20.3 Å². The Kier molecular flexibility index (Phi) is 6.34. The van der Waals surface area contributed by atoms with Gasteiger partial charge in [-0.3, -0.25) is 14.4 Å². The summed E-state index contributed by atoms with van der Waals surface area (Å²) < 4.78 is 32.8. The SMILES string of the molecule is CC(=O)Nc1ccc(CC(=O)N2CCN(S(=O)(=O)c3ccc4c(c3)NC(=O)CO4)CC2)cc1. The Morgan fingerprint density at radius 2 is 1.76 bits per heavy atom. The molecule has 174 valence electrons. The lowest BCUT2D eigenvalue weighted by Gasteiger charge is -2.34. The minimum atomic E-state index is -3.78. The van der Waals surface area contributed by atoms with E-state index in [0.29, 0.717) is 17.1 Å². The van der Waals surface area contributed by atoms with Gasteiger partial charge in [0.25, 0.3) is 5.91 Å². The van der Waals surface area contributed by atoms with Gasteiger partial charge in [0.05, 0.1) is 17.0 Å². The first-order valence-corrected chi connectivity index (χ1v) is 11.9. The van der Waals surface area contributed by atoms with Crippen molar-refractivity contribution in [1.29, 1.82) is 0 Å². The van der Waals surface area contributed by atoms with Crippen LogP contribution in [0.25, 0.3) is 0 Å². The molecule has 10 nitrogen and oxygen atoms in total. The van der Waals surface area contributed by atoms with Crippen molar-refractivity contribution in [2.45, 2.75) is 18.2 Å². The molecule has 3 amide bonds. The fourth-order valence-corrected chi connectivity index (χ4v) is 5.19. The molecule has 0 spiro atoms. The van der Waals surface area contributed by atoms with Gasteiger partial charge in [-0.15, -0.1) is 0 Å². The lowest BCUT2D eigenvalue weighted by Crippen LogP contribution is -2.50. The van der Waals surface area contributed by atoms with Gasteiger partial charge in [-0.05, 0) is 35.9 Å². The quantitative estimate of drug-likeness (QED) is 0.670. The van der Waals surface area contributed by atoms with Crippen LogP contribution in [0.1, 0.15) is 12.5 Å². The minimum absolute atomic E-state index is 0.0612. The van der Waals surface area contributed by atoms with Gasteiger partial charge in [0.15, 0.2) is 6.61 Å². The predicted octanol–water partition coefficient (Wildman–Crippen LogP) is 1.05. The molecule has 0 aromatic heterocycles. The summed E-state index contributed by atoms with van der Waals surface area (Å²) in [4.78, 5) is 37.0. The summed E-state index contributed by atoms with van der Waals surface area (Å²) in [5.41, 5.74) is 1.79. The normalized spacial score (nSPS) is 16.4. The molecule has 4 rings (SSSR count). The van der Waals surface area contributed by atoms with E-state index in [1.807, 2.05) is 0 Å². The summed E-state index contributed by atoms with van der Waals surface area (Å²) in [5, 5.41) is 5.29. The molecule has 0 atom stereocenters. The molecule has 0 saturated carbocycles. The highest BCUT2D eigenvalue weighted by molar-refractivity contribution is 7.89. The average Bonchev–Trinajstić information content (AvgIpc) is 2.79. The second-order valence-corrected chi connectivity index (χ2v) is 9.77. The number of ether oxygens (including phenoxy) is 1. The van der Waals surface area contributed by atoms with Crippen LogP contribution in [-0.4, -0.2) is 68.1 Å². The highest BCUT2D eigenvalue weighted by atomic mass is 32.2. The summed E-state index contributed by atoms with van der Waals surface area (Å²) >= 11 is 0. The van der Waals surface area contributed by atoms with Crippen molar-refractivity contribution in [1.82, 2.24) is 9.21 Å². The fourth-order valence-electron chi connectivity index (χ4n) is 3.75. The van der Waals surface area contributed by atoms with Crippen LogP contribution in [-0.2, 0) is 30.8 Å². The average molecular weight is 473 g/mol. The predicted molar refractivity (Wildman–Crippen MR) is 120 cm³/mol. The highest BCUT2D eigenvalue weighted by Crippen LogP contribution is 2.31. The van der Waals surface area contributed by atoms with Crippen molar-refractivity contribution in [3.63, 3.8) is 0 Å². The molecule has 2 aromatic rings. The van der Waals surface area contributed by atoms with Gasteiger partial charge in [0, 0.05) is 38.8 Å². The molecule has 2 heterocycles. The van der Waals surface area contributed by atoms with Crippen molar-refractivity contribution in [2.75, 3.05) is 43.4 Å². The zero-order valence-electron chi connectivity index (χ0n) is 18.0. The summed E-state index contributed by atoms with van der Waals surface area (Å²) in [5.74, 6) is -0.170. The maximum absolute atomic E-state index is 13.1. The second kappa shape index (κ2) is 9.20. The Morgan fingerprint density at radius 1 is 1.06 bits per heavy atom. The van der Waals surface area contributed by atoms with Crippen LogP contribution in [0.5, 0.6) is 5.75 Å². The van der Waals surface area contributed by atoms with E-state index >= 15 is 0 Å². The van der Waals surface area contributed by atoms with E-state index in [1.54, 1.807) is 29.2 Å². The first-order valence-electron chi connectivity index (χ1n) is 10.4. The summed E-state index contributed by atoms with van der Waals surface area (Å²) in [7, 11) is -3.78. The zero-order valence-corrected chi connectivity index (χ0v) is 18.9. The first-order chi connectivity index (χ1) is 15.7. The van der Waals surface area contributed by atoms with E-state index in [4.69, 9.17) is 4.74 Å². The van der Waals surface area contributed by atoms with Crippen LogP contribution in [0.3, 0.4) is 0 Å². The molecule has 2 aliphatic rings. The number of nitrogens with zero attached hydrogens (tertiary/aromatic N) is 2. The Balaban J connectivity index is 1.36. The van der Waals surface area contributed by atoms with Gasteiger partial charge >= 0.3 is 0 Å². The van der Waals surface area contributed by atoms with E-state index in [9.17, 15) is 22.8 Å². The number of rotatable bonds is 5. The van der Waals surface area contributed by atoms with Crippen molar-refractivity contribution in [3.8, 4) is 5.75 Å². The van der Waals surface area contributed by atoms with Crippen LogP contribution in [0.15, 0.2) is 47.4 Å². The molecular formula is C22H24N4O6S. The van der Waals surface area contributed by atoms with Gasteiger partial charge in [0.2, 0.25) is 21.8 Å². The number of nitrogens with one attached hydrogen (secondary N) is 2. The number of carbonyl (C=O) groups excluding carboxylic acids is 3. The third-order valence-corrected chi connectivity index (χ3v) is 7.34. The summed E-state index contributed by atoms with van der Waals surface area (Å²) in [6, 6.07) is 11.4. The number of anilines is 2. The Hall–Kier alpha value is -3.44. The first kappa shape index (κ1) is 22.7. The molecule has 2 aromatic carbocycles. The smallest absolute Gasteiger partial charge is 0.262 e. The molecule has 0 unspecified atom stereocenters. The number of sulfonamides is 1. The molecule has 1 saturated heterocycles. The van der Waals surface area contributed by atoms with E-state index in [2.05, 4.69) is 10.6 Å². The monoisotopic (exact) mass is 472 g/mol. The van der Waals surface area contributed by atoms with Crippen LogP contribution in [0, 0.1) is 0 Å². The number of carbonyl (C=O) groups is 3. The third kappa shape index (κ3) is 5.15. The molecule has 0 aliphatic carbocycles. The molecule has 1 fully saturated rings. The van der Waals surface area contributed by atoms with Crippen LogP contribution >= 0.6 is 0 Å². The molecule has 2 N–H and O–H groups in total. The van der Waals surface area contributed by atoms with Gasteiger partial charge in [-0.1, -0.05) is 12.1 Å². The number of hydrogen-bond donors (Lipinski definition) is 2. The Morgan fingerprint density at radius 3 is 2.42 bits per heavy atom. The van der Waals surface area contributed by atoms with E-state index in [0.717, 1.165) is 5.56 Å². The van der Waals surface area contributed by atoms with Crippen LogP contribution in [0.4, 0.5) is 11.4 Å². The van der Waals surface area contributed by atoms with Crippen molar-refractivity contribution in [2.24, 2.45) is 0 Å². The lowest BCUT2D eigenvalue weighted by molar-refractivity contribution is -0.131. The minimum Gasteiger partial charge on any atom is -0.482 e. The van der Waals surface area contributed by atoms with E-state index in [1.165, 1.54) is 29.4 Å². The molecule has 11 heteroatoms. The number of fused-ring (bicyclic) bond motifs is 1. The molecule has 2 aliphatic heterocycles. The standard InChI is InChI=1S/C22H24N4O6S/c1-15(27)23-17-4-2-16(3-5-17)12-22(29)25-8-10-26(11-9-25)33(30,31)18-6-7-20-19(13-18)24-21(28)14-32-20/h2-7,13H,8-12,14H2,1H3,(H,23,27)(H,24,28). The number of amides is 3. The zero-order chi connectivity index (χ0) is 23.6. The largest absolute Gasteiger partial charge is 0.482 e. The maximum atomic E-state index is 13.1. The lowest BCUT2D eigenvalue weighted by atomic mass is 10.1. The summed E-state index contributed by atoms with van der Waals surface area (Å²) in [6.07, 6.45) is 0.192. The van der Waals surface area contributed by atoms with Gasteiger partial charge in [0.1, 0.15) is 5.75 Å². The van der Waals surface area contributed by atoms with Crippen molar-refractivity contribution < 1.29 is 27.5 Å². The Labute approximate surface area is 191 Å². The highest BCUT2D eigenvalue weighted by Gasteiger charge is 2.31. The van der Waals surface area contributed by atoms with Gasteiger partial charge in [-0.25, -0.2) is 8.42 Å². The maximum Gasteiger partial charge on any atom is 0.262 e. The number of benzene rings is 2. The van der Waals surface area contributed by atoms with Crippen molar-refractivity contribution >= 4 is 39.1 Å². The summed E-state index contributed by atoms with van der Waals surface area (Å²) in [6.45, 7) is 2.24. The topological polar surface area (TPSA) is 125 Å². The van der Waals surface area contributed by atoms with Crippen LogP contribution < -0.4 is 15.4 Å². The molecule has 0 bridgehead atoms. The molecule has 0 radical (unpaired) electrons. The molecule has 33 heavy (non-hydrogen) atoms. The number of hydrogen-bond acceptors (Lipinski definition) is 6. The second-order valence-electron chi connectivity index (χ2n) is 7.83. The molecular weight excluding hydrogens is 448 g/mol. The third-order valence-electron chi connectivity index (χ3n) is 5.44. The van der Waals surface area contributed by atoms with Crippen LogP contribution in [0.2, 0.25) is 0 Å². The van der Waals surface area contributed by atoms with E-state index < -0.39 is 10.0 Å². The van der Waals surface area contributed by atoms with Crippen molar-refractivity contribution in [3.05, 3.63) is 48.0 Å². The number of piperazine rings is 1.